The molecule has 3 aromatic rings. The van der Waals surface area contributed by atoms with Crippen LogP contribution in [0, 0.1) is 18.6 Å². The van der Waals surface area contributed by atoms with Crippen molar-refractivity contribution in [3.63, 3.8) is 0 Å². The fraction of sp³-hybridized carbons (Fsp3) is 0.316. The maximum atomic E-state index is 14.3. The Morgan fingerprint density at radius 3 is 2.89 bits per heavy atom. The fourth-order valence-corrected chi connectivity index (χ4v) is 3.51. The zero-order chi connectivity index (χ0) is 19.1. The van der Waals surface area contributed by atoms with Crippen LogP contribution in [0.5, 0.6) is 0 Å². The van der Waals surface area contributed by atoms with Crippen LogP contribution in [-0.4, -0.2) is 26.9 Å². The number of nitrogens with zero attached hydrogens (tertiary/aromatic N) is 4. The Bertz CT molecular complexity index is 1050. The maximum Gasteiger partial charge on any atom is 0.327 e. The third-order valence-corrected chi connectivity index (χ3v) is 4.71. The maximum absolute atomic E-state index is 14.3. The topological polar surface area (TPSA) is 62.5 Å². The Kier molecular flexibility index (Phi) is 4.25. The third-order valence-electron chi connectivity index (χ3n) is 4.71. The summed E-state index contributed by atoms with van der Waals surface area (Å²) in [4.78, 5) is 22.4. The number of carbonyl (C=O) groups is 1. The summed E-state index contributed by atoms with van der Waals surface area (Å²) in [5.41, 5.74) is 2.64. The molecule has 1 aliphatic rings. The van der Waals surface area contributed by atoms with Gasteiger partial charge in [0.1, 0.15) is 17.3 Å². The van der Waals surface area contributed by atoms with Crippen molar-refractivity contribution in [2.45, 2.75) is 33.1 Å². The molecule has 0 spiro atoms. The molecule has 1 N–H and O–H groups in total. The number of fused-ring (bicyclic) bond motifs is 2. The first kappa shape index (κ1) is 17.4. The average molecular weight is 371 g/mol. The van der Waals surface area contributed by atoms with Crippen LogP contribution >= 0.6 is 0 Å². The van der Waals surface area contributed by atoms with E-state index in [4.69, 9.17) is 0 Å². The van der Waals surface area contributed by atoms with Crippen LogP contribution in [0.3, 0.4) is 0 Å². The smallest absolute Gasteiger partial charge is 0.305 e. The van der Waals surface area contributed by atoms with Gasteiger partial charge in [-0.3, -0.25) is 4.90 Å². The lowest BCUT2D eigenvalue weighted by Crippen LogP contribution is -2.34. The molecule has 6 nitrogen and oxygen atoms in total. The Labute approximate surface area is 154 Å². The largest absolute Gasteiger partial charge is 0.327 e. The van der Waals surface area contributed by atoms with Gasteiger partial charge < -0.3 is 9.72 Å². The summed E-state index contributed by atoms with van der Waals surface area (Å²) in [6, 6.07) is 0.776. The van der Waals surface area contributed by atoms with Crippen molar-refractivity contribution in [3.8, 4) is 0 Å². The number of aryl methyl sites for hydroxylation is 1. The summed E-state index contributed by atoms with van der Waals surface area (Å²) in [5, 5.41) is 2.59. The summed E-state index contributed by atoms with van der Waals surface area (Å²) in [7, 11) is 0. The van der Waals surface area contributed by atoms with Crippen molar-refractivity contribution in [2.75, 3.05) is 16.8 Å². The highest BCUT2D eigenvalue weighted by Gasteiger charge is 2.30. The van der Waals surface area contributed by atoms with Gasteiger partial charge in [-0.15, -0.1) is 0 Å². The second-order valence-corrected chi connectivity index (χ2v) is 6.65. The Morgan fingerprint density at radius 1 is 1.30 bits per heavy atom. The molecule has 0 radical (unpaired) electrons. The Hall–Kier alpha value is -3.03. The molecule has 2 amide bonds. The molecule has 0 saturated heterocycles. The van der Waals surface area contributed by atoms with Crippen molar-refractivity contribution >= 4 is 23.2 Å². The summed E-state index contributed by atoms with van der Waals surface area (Å²) >= 11 is 0. The van der Waals surface area contributed by atoms with Crippen molar-refractivity contribution in [1.29, 1.82) is 0 Å². The van der Waals surface area contributed by atoms with Crippen LogP contribution in [0.25, 0.3) is 5.65 Å². The summed E-state index contributed by atoms with van der Waals surface area (Å²) in [6.45, 7) is 4.16. The van der Waals surface area contributed by atoms with E-state index in [2.05, 4.69) is 15.3 Å². The highest BCUT2D eigenvalue weighted by Crippen LogP contribution is 2.31. The molecule has 27 heavy (non-hydrogen) atoms. The number of amides is 2. The van der Waals surface area contributed by atoms with E-state index in [-0.39, 0.29) is 11.5 Å². The van der Waals surface area contributed by atoms with Gasteiger partial charge in [-0.2, -0.15) is 0 Å². The second-order valence-electron chi connectivity index (χ2n) is 6.65. The Balaban J connectivity index is 1.62. The monoisotopic (exact) mass is 371 g/mol. The number of pyridine rings is 2. The fourth-order valence-electron chi connectivity index (χ4n) is 3.51. The third kappa shape index (κ3) is 3.01. The summed E-state index contributed by atoms with van der Waals surface area (Å²) in [5.74, 6) is -0.471. The zero-order valence-electron chi connectivity index (χ0n) is 15.1. The lowest BCUT2D eigenvalue weighted by atomic mass is 10.0. The van der Waals surface area contributed by atoms with E-state index >= 15 is 0 Å². The van der Waals surface area contributed by atoms with E-state index < -0.39 is 11.8 Å². The molecule has 3 aromatic heterocycles. The van der Waals surface area contributed by atoms with E-state index in [1.165, 1.54) is 17.2 Å². The summed E-state index contributed by atoms with van der Waals surface area (Å²) in [6.07, 6.45) is 6.31. The molecular weight excluding hydrogens is 352 g/mol. The van der Waals surface area contributed by atoms with Crippen molar-refractivity contribution in [3.05, 3.63) is 53.1 Å². The lowest BCUT2D eigenvalue weighted by Gasteiger charge is -2.18. The minimum absolute atomic E-state index is 0.0502. The molecule has 0 aliphatic carbocycles. The standard InChI is InChI=1S/C19H19F2N5O/c1-3-4-12-13-5-6-26(18(13)22-8-15(12)21)19(27)24-16-10-25-9-11(2)23-17(25)7-14(16)20/h7-10H,3-6H2,1-2H3,(H,24,27). The number of imidazole rings is 1. The number of hydrogen-bond acceptors (Lipinski definition) is 3. The number of carbonyl (C=O) groups excluding carboxylic acids is 1. The van der Waals surface area contributed by atoms with E-state index in [1.54, 1.807) is 10.6 Å². The number of hydrogen-bond donors (Lipinski definition) is 1. The van der Waals surface area contributed by atoms with Gasteiger partial charge in [-0.1, -0.05) is 13.3 Å². The van der Waals surface area contributed by atoms with E-state index in [1.807, 2.05) is 13.8 Å². The first-order valence-corrected chi connectivity index (χ1v) is 8.87. The first-order chi connectivity index (χ1) is 13.0. The minimum atomic E-state index is -0.570. The highest BCUT2D eigenvalue weighted by molar-refractivity contribution is 6.02. The molecule has 0 atom stereocenters. The highest BCUT2D eigenvalue weighted by atomic mass is 19.1. The van der Waals surface area contributed by atoms with E-state index in [0.29, 0.717) is 36.4 Å². The number of nitrogens with one attached hydrogen (secondary N) is 1. The quantitative estimate of drug-likeness (QED) is 0.760. The van der Waals surface area contributed by atoms with Crippen LogP contribution in [0.15, 0.2) is 24.7 Å². The van der Waals surface area contributed by atoms with Gasteiger partial charge >= 0.3 is 6.03 Å². The van der Waals surface area contributed by atoms with Crippen molar-refractivity contribution < 1.29 is 13.6 Å². The summed E-state index contributed by atoms with van der Waals surface area (Å²) < 4.78 is 30.1. The molecule has 0 fully saturated rings. The molecule has 140 valence electrons. The molecule has 8 heteroatoms. The molecule has 0 bridgehead atoms. The number of halogens is 2. The molecular formula is C19H19F2N5O. The van der Waals surface area contributed by atoms with Crippen molar-refractivity contribution in [2.24, 2.45) is 0 Å². The lowest BCUT2D eigenvalue weighted by molar-refractivity contribution is 0.257. The predicted molar refractivity (Wildman–Crippen MR) is 98.1 cm³/mol. The van der Waals surface area contributed by atoms with Gasteiger partial charge in [0.05, 0.1) is 17.6 Å². The Morgan fingerprint density at radius 2 is 2.11 bits per heavy atom. The van der Waals surface area contributed by atoms with Gasteiger partial charge in [0.15, 0.2) is 5.82 Å². The molecule has 4 heterocycles. The number of rotatable bonds is 3. The number of urea groups is 1. The molecule has 0 saturated carbocycles. The number of aromatic nitrogens is 3. The predicted octanol–water partition coefficient (Wildman–Crippen LogP) is 3.86. The van der Waals surface area contributed by atoms with Gasteiger partial charge in [-0.05, 0) is 25.3 Å². The van der Waals surface area contributed by atoms with Gasteiger partial charge in [0.2, 0.25) is 0 Å². The normalized spacial score (nSPS) is 13.3. The molecule has 0 aromatic carbocycles. The van der Waals surface area contributed by atoms with E-state index in [9.17, 15) is 13.6 Å². The van der Waals surface area contributed by atoms with Gasteiger partial charge in [-0.25, -0.2) is 23.5 Å². The van der Waals surface area contributed by atoms with Crippen LogP contribution in [0.4, 0.5) is 25.1 Å². The first-order valence-electron chi connectivity index (χ1n) is 8.87. The zero-order valence-corrected chi connectivity index (χ0v) is 15.1. The van der Waals surface area contributed by atoms with Gasteiger partial charge in [0.25, 0.3) is 0 Å². The van der Waals surface area contributed by atoms with Crippen LogP contribution < -0.4 is 10.2 Å². The molecule has 0 unspecified atom stereocenters. The van der Waals surface area contributed by atoms with Crippen LogP contribution in [0.1, 0.15) is 30.2 Å². The van der Waals surface area contributed by atoms with Crippen LogP contribution in [0.2, 0.25) is 0 Å². The van der Waals surface area contributed by atoms with E-state index in [0.717, 1.165) is 23.9 Å². The molecule has 4 rings (SSSR count). The average Bonchev–Trinajstić information content (AvgIpc) is 3.20. The minimum Gasteiger partial charge on any atom is -0.305 e. The second kappa shape index (κ2) is 6.61. The SMILES string of the molecule is CCCc1c(F)cnc2c1CCN2C(=O)Nc1cn2cc(C)nc2cc1F. The van der Waals surface area contributed by atoms with Crippen LogP contribution in [-0.2, 0) is 12.8 Å². The molecule has 1 aliphatic heterocycles. The number of anilines is 2. The van der Waals surface area contributed by atoms with Gasteiger partial charge in [0, 0.05) is 30.6 Å². The van der Waals surface area contributed by atoms with Crippen molar-refractivity contribution in [1.82, 2.24) is 14.4 Å².